The van der Waals surface area contributed by atoms with Gasteiger partial charge in [0.1, 0.15) is 22.3 Å². The Morgan fingerprint density at radius 1 is 0.554 bits per heavy atom. The maximum atomic E-state index is 9.37. The zero-order valence-electron chi connectivity index (χ0n) is 35.1. The van der Waals surface area contributed by atoms with Crippen LogP contribution in [-0.4, -0.2) is 17.9 Å². The minimum absolute atomic E-state index is 0.129. The smallest absolute Gasteiger partial charge is 0.161 e. The third-order valence-corrected chi connectivity index (χ3v) is 14.5. The Kier molecular flexibility index (Phi) is 9.33. The van der Waals surface area contributed by atoms with Crippen molar-refractivity contribution in [3.05, 3.63) is 204 Å². The second kappa shape index (κ2) is 15.7. The average molecular weight is 872 g/mol. The molecule has 5 nitrogen and oxygen atoms in total. The number of furan rings is 2. The van der Waals surface area contributed by atoms with E-state index >= 15 is 0 Å². The fraction of sp³-hybridized carbons (Fsp3) is 0.0172. The average Bonchev–Trinajstić information content (AvgIpc) is 4.12. The molecule has 0 amide bonds. The molecule has 12 aromatic rings. The van der Waals surface area contributed by atoms with Crippen LogP contribution in [0.4, 0.5) is 0 Å². The standard InChI is InChI=1S/C58H37N3O2S2/c1-3-13-41-43-27-24-36(31-52(43)64-50(41)4-2)57(59)61-58(37-25-28-44-42-17-8-9-23-51(42)65-53(44)32-37)60-33-38-16-10-20-47-54(38)45-30-35(26-29-46(45)62-47)40-19-12-22-49-56(40)55-39(18-11-21-48(55)63-49)34-14-6-5-7-15-34/h3-33,59H,2H2,1H3/b13-3-,59-57?,60-33?,61-58?. The topological polar surface area (TPSA) is 74.8 Å². The van der Waals surface area contributed by atoms with Gasteiger partial charge in [-0.1, -0.05) is 140 Å². The molecule has 0 bridgehead atoms. The number of thiophene rings is 2. The third kappa shape index (κ3) is 6.55. The van der Waals surface area contributed by atoms with Gasteiger partial charge < -0.3 is 8.83 Å². The Morgan fingerprint density at radius 3 is 2.02 bits per heavy atom. The van der Waals surface area contributed by atoms with Crippen LogP contribution in [0.5, 0.6) is 0 Å². The summed E-state index contributed by atoms with van der Waals surface area (Å²) in [6.45, 7) is 6.07. The van der Waals surface area contributed by atoms with Gasteiger partial charge in [0.2, 0.25) is 0 Å². The van der Waals surface area contributed by atoms with E-state index in [2.05, 4.69) is 134 Å². The Bertz CT molecular complexity index is 4010. The van der Waals surface area contributed by atoms with Crippen molar-refractivity contribution < 1.29 is 8.83 Å². The van der Waals surface area contributed by atoms with Crippen molar-refractivity contribution in [3.8, 4) is 22.3 Å². The molecule has 0 radical (unpaired) electrons. The fourth-order valence-electron chi connectivity index (χ4n) is 9.20. The number of hydrogen-bond acceptors (Lipinski definition) is 5. The molecule has 0 saturated carbocycles. The van der Waals surface area contributed by atoms with E-state index in [0.29, 0.717) is 11.4 Å². The van der Waals surface area contributed by atoms with Gasteiger partial charge in [-0.05, 0) is 83.3 Å². The van der Waals surface area contributed by atoms with Crippen molar-refractivity contribution in [2.75, 3.05) is 0 Å². The lowest BCUT2D eigenvalue weighted by Crippen LogP contribution is -2.04. The van der Waals surface area contributed by atoms with Crippen LogP contribution in [0.15, 0.2) is 195 Å². The van der Waals surface area contributed by atoms with E-state index < -0.39 is 0 Å². The van der Waals surface area contributed by atoms with Crippen molar-refractivity contribution >= 4 is 127 Å². The number of nitrogens with zero attached hydrogens (tertiary/aromatic N) is 2. The van der Waals surface area contributed by atoms with Crippen LogP contribution in [0, 0.1) is 5.41 Å². The van der Waals surface area contributed by atoms with Crippen LogP contribution >= 0.6 is 22.7 Å². The van der Waals surface area contributed by atoms with Crippen LogP contribution in [0.3, 0.4) is 0 Å². The number of allylic oxidation sites excluding steroid dienone is 1. The van der Waals surface area contributed by atoms with Gasteiger partial charge in [-0.2, -0.15) is 0 Å². The summed E-state index contributed by atoms with van der Waals surface area (Å²) < 4.78 is 16.4. The molecule has 1 N–H and O–H groups in total. The number of amidine groups is 2. The Hall–Kier alpha value is -7.97. The quantitative estimate of drug-likeness (QED) is 0.128. The van der Waals surface area contributed by atoms with E-state index in [1.165, 1.54) is 15.5 Å². The molecule has 308 valence electrons. The van der Waals surface area contributed by atoms with Crippen LogP contribution in [0.2, 0.25) is 0 Å². The second-order valence-electron chi connectivity index (χ2n) is 16.0. The van der Waals surface area contributed by atoms with Crippen LogP contribution < -0.4 is 0 Å². The third-order valence-electron chi connectivity index (χ3n) is 12.2. The maximum absolute atomic E-state index is 9.37. The lowest BCUT2D eigenvalue weighted by molar-refractivity contribution is 0.669. The van der Waals surface area contributed by atoms with Crippen molar-refractivity contribution in [2.45, 2.75) is 6.92 Å². The van der Waals surface area contributed by atoms with Crippen LogP contribution in [0.25, 0.3) is 109 Å². The number of hydrogen-bond donors (Lipinski definition) is 1. The van der Waals surface area contributed by atoms with Gasteiger partial charge in [-0.25, -0.2) is 9.98 Å². The van der Waals surface area contributed by atoms with E-state index in [-0.39, 0.29) is 5.84 Å². The van der Waals surface area contributed by atoms with Gasteiger partial charge in [-0.15, -0.1) is 22.7 Å². The van der Waals surface area contributed by atoms with Gasteiger partial charge in [0.15, 0.2) is 11.7 Å². The molecule has 4 aromatic heterocycles. The van der Waals surface area contributed by atoms with Crippen molar-refractivity contribution in [3.63, 3.8) is 0 Å². The fourth-order valence-corrected chi connectivity index (χ4v) is 11.4. The highest BCUT2D eigenvalue weighted by molar-refractivity contribution is 7.25. The highest BCUT2D eigenvalue weighted by Gasteiger charge is 2.19. The van der Waals surface area contributed by atoms with Crippen molar-refractivity contribution in [1.82, 2.24) is 0 Å². The lowest BCUT2D eigenvalue weighted by Gasteiger charge is -2.08. The lowest BCUT2D eigenvalue weighted by atomic mass is 9.94. The molecule has 12 rings (SSSR count). The van der Waals surface area contributed by atoms with E-state index in [0.717, 1.165) is 102 Å². The second-order valence-corrected chi connectivity index (χ2v) is 18.2. The predicted octanol–water partition coefficient (Wildman–Crippen LogP) is 17.0. The van der Waals surface area contributed by atoms with E-state index in [9.17, 15) is 5.41 Å². The first-order chi connectivity index (χ1) is 32.0. The summed E-state index contributed by atoms with van der Waals surface area (Å²) in [6, 6.07) is 56.4. The molecule has 0 aliphatic heterocycles. The van der Waals surface area contributed by atoms with Crippen LogP contribution in [0.1, 0.15) is 34.1 Å². The summed E-state index contributed by atoms with van der Waals surface area (Å²) in [5.74, 6) is 0.574. The molecule has 0 atom stereocenters. The normalized spacial score (nSPS) is 12.5. The molecule has 0 fully saturated rings. The molecule has 0 aliphatic carbocycles. The molecule has 0 saturated heterocycles. The highest BCUT2D eigenvalue weighted by atomic mass is 32.1. The highest BCUT2D eigenvalue weighted by Crippen LogP contribution is 2.43. The first-order valence-electron chi connectivity index (χ1n) is 21.4. The molecule has 7 heteroatoms. The summed E-state index contributed by atoms with van der Waals surface area (Å²) in [7, 11) is 0. The monoisotopic (exact) mass is 871 g/mol. The maximum Gasteiger partial charge on any atom is 0.161 e. The van der Waals surface area contributed by atoms with E-state index in [1.807, 2.05) is 67.8 Å². The number of rotatable bonds is 7. The van der Waals surface area contributed by atoms with Gasteiger partial charge in [0, 0.05) is 79.6 Å². The molecule has 8 aromatic carbocycles. The Balaban J connectivity index is 0.994. The SMILES string of the molecule is C=Cc1sc2cc(C(=N)N=C(N=Cc3cccc4oc5ccc(-c6cccc7oc8cccc(-c9ccccc9)c8c67)cc5c34)c3ccc4c(c3)sc3ccccc34)ccc2c1/C=C\C. The minimum Gasteiger partial charge on any atom is -0.456 e. The first kappa shape index (κ1) is 38.7. The van der Waals surface area contributed by atoms with E-state index in [4.69, 9.17) is 18.8 Å². The molecule has 0 spiro atoms. The van der Waals surface area contributed by atoms with Crippen molar-refractivity contribution in [1.29, 1.82) is 5.41 Å². The summed E-state index contributed by atoms with van der Waals surface area (Å²) in [5.41, 5.74) is 11.2. The zero-order valence-corrected chi connectivity index (χ0v) is 36.8. The summed E-state index contributed by atoms with van der Waals surface area (Å²) in [4.78, 5) is 11.2. The summed E-state index contributed by atoms with van der Waals surface area (Å²) >= 11 is 3.42. The Morgan fingerprint density at radius 2 is 1.22 bits per heavy atom. The number of nitrogens with one attached hydrogen (secondary N) is 1. The van der Waals surface area contributed by atoms with Crippen LogP contribution in [-0.2, 0) is 0 Å². The summed E-state index contributed by atoms with van der Waals surface area (Å²) in [5, 5.41) is 17.0. The largest absolute Gasteiger partial charge is 0.456 e. The predicted molar refractivity (Wildman–Crippen MR) is 279 cm³/mol. The van der Waals surface area contributed by atoms with Gasteiger partial charge in [0.05, 0.1) is 0 Å². The first-order valence-corrected chi connectivity index (χ1v) is 23.1. The van der Waals surface area contributed by atoms with Gasteiger partial charge >= 0.3 is 0 Å². The Labute approximate surface area is 381 Å². The molecule has 65 heavy (non-hydrogen) atoms. The number of aliphatic imine (C=N–C) groups is 2. The number of benzene rings is 8. The minimum atomic E-state index is 0.129. The molecule has 0 unspecified atom stereocenters. The molecule has 0 aliphatic rings. The zero-order chi connectivity index (χ0) is 43.6. The molecule has 4 heterocycles. The van der Waals surface area contributed by atoms with E-state index in [1.54, 1.807) is 22.7 Å². The molecular formula is C58H37N3O2S2. The van der Waals surface area contributed by atoms with Gasteiger partial charge in [-0.3, -0.25) is 5.41 Å². The number of fused-ring (bicyclic) bond motifs is 10. The van der Waals surface area contributed by atoms with Gasteiger partial charge in [0.25, 0.3) is 0 Å². The summed E-state index contributed by atoms with van der Waals surface area (Å²) in [6.07, 6.45) is 7.92. The molecular weight excluding hydrogens is 835 g/mol. The van der Waals surface area contributed by atoms with Crippen molar-refractivity contribution in [2.24, 2.45) is 9.98 Å².